The first kappa shape index (κ1) is 16.5. The molecule has 2 saturated heterocycles. The molecule has 0 saturated carbocycles. The van der Waals surface area contributed by atoms with Gasteiger partial charge in [0.25, 0.3) is 5.91 Å². The van der Waals surface area contributed by atoms with E-state index < -0.39 is 0 Å². The fourth-order valence-electron chi connectivity index (χ4n) is 3.38. The van der Waals surface area contributed by atoms with E-state index in [1.54, 1.807) is 4.90 Å². The molecule has 2 atom stereocenters. The summed E-state index contributed by atoms with van der Waals surface area (Å²) in [5.41, 5.74) is 3.37. The highest BCUT2D eigenvalue weighted by molar-refractivity contribution is 6.06. The van der Waals surface area contributed by atoms with Crippen LogP contribution in [0.3, 0.4) is 0 Å². The van der Waals surface area contributed by atoms with E-state index in [0.717, 1.165) is 16.9 Å². The van der Waals surface area contributed by atoms with Crippen molar-refractivity contribution in [3.05, 3.63) is 34.9 Å². The minimum absolute atomic E-state index is 0.176. The minimum atomic E-state index is -0.359. The third-order valence-corrected chi connectivity index (χ3v) is 4.99. The largest absolute Gasteiger partial charge is 0.348 e. The zero-order valence-corrected chi connectivity index (χ0v) is 14.3. The number of carbonyl (C=O) groups is 3. The number of aryl methyl sites for hydroxylation is 2. The lowest BCUT2D eigenvalue weighted by molar-refractivity contribution is -0.132. The van der Waals surface area contributed by atoms with Crippen molar-refractivity contribution in [1.29, 1.82) is 0 Å². The second kappa shape index (κ2) is 6.26. The average molecular weight is 329 g/mol. The number of hydrogen-bond donors (Lipinski definition) is 1. The second-order valence-corrected chi connectivity index (χ2v) is 6.69. The van der Waals surface area contributed by atoms with Crippen LogP contribution in [0.25, 0.3) is 0 Å². The SMILES string of the molecule is Cc1ccc(C(C)NC(=O)CN2C(=O)C3CCCN3C2=O)cc1C. The van der Waals surface area contributed by atoms with Crippen LogP contribution in [0.1, 0.15) is 42.5 Å². The van der Waals surface area contributed by atoms with Crippen molar-refractivity contribution in [3.8, 4) is 0 Å². The fourth-order valence-corrected chi connectivity index (χ4v) is 3.38. The number of hydrogen-bond acceptors (Lipinski definition) is 3. The number of nitrogens with one attached hydrogen (secondary N) is 1. The summed E-state index contributed by atoms with van der Waals surface area (Å²) < 4.78 is 0. The van der Waals surface area contributed by atoms with Crippen LogP contribution >= 0.6 is 0 Å². The van der Waals surface area contributed by atoms with E-state index in [1.165, 1.54) is 11.1 Å². The number of carbonyl (C=O) groups excluding carboxylic acids is 3. The molecule has 2 unspecified atom stereocenters. The van der Waals surface area contributed by atoms with Crippen LogP contribution in [-0.2, 0) is 9.59 Å². The molecule has 1 aromatic carbocycles. The van der Waals surface area contributed by atoms with Crippen molar-refractivity contribution in [3.63, 3.8) is 0 Å². The Morgan fingerprint density at radius 3 is 2.71 bits per heavy atom. The van der Waals surface area contributed by atoms with Gasteiger partial charge in [-0.1, -0.05) is 18.2 Å². The van der Waals surface area contributed by atoms with E-state index in [0.29, 0.717) is 13.0 Å². The first-order valence-electron chi connectivity index (χ1n) is 8.37. The summed E-state index contributed by atoms with van der Waals surface area (Å²) in [5, 5.41) is 2.87. The molecule has 0 aliphatic carbocycles. The molecule has 2 fully saturated rings. The maximum absolute atomic E-state index is 12.3. The summed E-state index contributed by atoms with van der Waals surface area (Å²) in [4.78, 5) is 39.4. The summed E-state index contributed by atoms with van der Waals surface area (Å²) in [5.74, 6) is -0.560. The summed E-state index contributed by atoms with van der Waals surface area (Å²) in [6.45, 7) is 6.36. The van der Waals surface area contributed by atoms with E-state index >= 15 is 0 Å². The van der Waals surface area contributed by atoms with Crippen LogP contribution in [0.15, 0.2) is 18.2 Å². The molecule has 0 radical (unpaired) electrons. The highest BCUT2D eigenvalue weighted by atomic mass is 16.2. The average Bonchev–Trinajstić information content (AvgIpc) is 3.10. The molecule has 3 rings (SSSR count). The van der Waals surface area contributed by atoms with Crippen molar-refractivity contribution in [2.75, 3.05) is 13.1 Å². The molecule has 6 nitrogen and oxygen atoms in total. The molecule has 0 bridgehead atoms. The van der Waals surface area contributed by atoms with Crippen LogP contribution < -0.4 is 5.32 Å². The molecular formula is C18H23N3O3. The first-order chi connectivity index (χ1) is 11.4. The number of nitrogens with zero attached hydrogens (tertiary/aromatic N) is 2. The van der Waals surface area contributed by atoms with Crippen molar-refractivity contribution in [2.24, 2.45) is 0 Å². The van der Waals surface area contributed by atoms with Gasteiger partial charge >= 0.3 is 6.03 Å². The van der Waals surface area contributed by atoms with E-state index in [2.05, 4.69) is 5.32 Å². The summed E-state index contributed by atoms with van der Waals surface area (Å²) >= 11 is 0. The summed E-state index contributed by atoms with van der Waals surface area (Å²) in [7, 11) is 0. The zero-order chi connectivity index (χ0) is 17.4. The van der Waals surface area contributed by atoms with Crippen LogP contribution in [0, 0.1) is 13.8 Å². The lowest BCUT2D eigenvalue weighted by Gasteiger charge is -2.19. The van der Waals surface area contributed by atoms with Gasteiger partial charge in [-0.3, -0.25) is 14.5 Å². The molecule has 2 aliphatic heterocycles. The molecule has 2 heterocycles. The molecule has 0 spiro atoms. The van der Waals surface area contributed by atoms with Gasteiger partial charge in [0, 0.05) is 6.54 Å². The molecule has 6 heteroatoms. The second-order valence-electron chi connectivity index (χ2n) is 6.69. The lowest BCUT2D eigenvalue weighted by Crippen LogP contribution is -2.42. The van der Waals surface area contributed by atoms with Gasteiger partial charge < -0.3 is 10.2 Å². The Bertz CT molecular complexity index is 679. The Labute approximate surface area is 141 Å². The first-order valence-corrected chi connectivity index (χ1v) is 8.37. The minimum Gasteiger partial charge on any atom is -0.348 e. The van der Waals surface area contributed by atoms with Gasteiger partial charge in [0.1, 0.15) is 12.6 Å². The molecule has 1 aromatic rings. The topological polar surface area (TPSA) is 69.7 Å². The summed E-state index contributed by atoms with van der Waals surface area (Å²) in [6, 6.07) is 5.18. The Kier molecular flexibility index (Phi) is 4.30. The number of amides is 4. The van der Waals surface area contributed by atoms with Gasteiger partial charge in [0.2, 0.25) is 5.91 Å². The van der Waals surface area contributed by atoms with Gasteiger partial charge in [0.05, 0.1) is 6.04 Å². The molecule has 1 N–H and O–H groups in total. The molecule has 4 amide bonds. The Morgan fingerprint density at radius 1 is 1.29 bits per heavy atom. The molecule has 2 aliphatic rings. The number of urea groups is 1. The van der Waals surface area contributed by atoms with Crippen LogP contribution in [-0.4, -0.2) is 46.8 Å². The lowest BCUT2D eigenvalue weighted by atomic mass is 10.0. The highest BCUT2D eigenvalue weighted by Gasteiger charge is 2.47. The maximum Gasteiger partial charge on any atom is 0.327 e. The van der Waals surface area contributed by atoms with E-state index in [1.807, 2.05) is 39.0 Å². The maximum atomic E-state index is 12.3. The predicted octanol–water partition coefficient (Wildman–Crippen LogP) is 1.91. The van der Waals surface area contributed by atoms with Crippen LogP contribution in [0.2, 0.25) is 0 Å². The molecule has 24 heavy (non-hydrogen) atoms. The van der Waals surface area contributed by atoms with Crippen LogP contribution in [0.4, 0.5) is 4.79 Å². The Hall–Kier alpha value is -2.37. The number of fused-ring (bicyclic) bond motifs is 1. The van der Waals surface area contributed by atoms with E-state index in [9.17, 15) is 14.4 Å². The number of benzene rings is 1. The number of imide groups is 1. The van der Waals surface area contributed by atoms with Gasteiger partial charge in [-0.15, -0.1) is 0 Å². The smallest absolute Gasteiger partial charge is 0.327 e. The zero-order valence-electron chi connectivity index (χ0n) is 14.3. The quantitative estimate of drug-likeness (QED) is 0.858. The predicted molar refractivity (Wildman–Crippen MR) is 89.3 cm³/mol. The number of rotatable bonds is 4. The highest BCUT2D eigenvalue weighted by Crippen LogP contribution is 2.27. The molecular weight excluding hydrogens is 306 g/mol. The summed E-state index contributed by atoms with van der Waals surface area (Å²) in [6.07, 6.45) is 1.55. The fraction of sp³-hybridized carbons (Fsp3) is 0.500. The van der Waals surface area contributed by atoms with E-state index in [4.69, 9.17) is 0 Å². The van der Waals surface area contributed by atoms with E-state index in [-0.39, 0.29) is 36.5 Å². The van der Waals surface area contributed by atoms with Crippen molar-refractivity contribution in [1.82, 2.24) is 15.1 Å². The van der Waals surface area contributed by atoms with Crippen LogP contribution in [0.5, 0.6) is 0 Å². The van der Waals surface area contributed by atoms with Gasteiger partial charge in [-0.2, -0.15) is 0 Å². The van der Waals surface area contributed by atoms with Crippen molar-refractivity contribution < 1.29 is 14.4 Å². The van der Waals surface area contributed by atoms with Gasteiger partial charge in [-0.25, -0.2) is 4.79 Å². The molecule has 0 aromatic heterocycles. The Morgan fingerprint density at radius 2 is 2.04 bits per heavy atom. The Balaban J connectivity index is 1.62. The third kappa shape index (κ3) is 2.88. The standard InChI is InChI=1S/C18H23N3O3/c1-11-6-7-14(9-12(11)2)13(3)19-16(22)10-21-17(23)15-5-4-8-20(15)18(21)24/h6-7,9,13,15H,4-5,8,10H2,1-3H3,(H,19,22). The monoisotopic (exact) mass is 329 g/mol. The van der Waals surface area contributed by atoms with Crippen molar-refractivity contribution >= 4 is 17.8 Å². The van der Waals surface area contributed by atoms with Crippen molar-refractivity contribution in [2.45, 2.75) is 45.7 Å². The van der Waals surface area contributed by atoms with Gasteiger partial charge in [0.15, 0.2) is 0 Å². The third-order valence-electron chi connectivity index (χ3n) is 4.99. The normalized spacial score (nSPS) is 21.2. The van der Waals surface area contributed by atoms with Gasteiger partial charge in [-0.05, 0) is 50.3 Å². The molecule has 128 valence electrons.